The van der Waals surface area contributed by atoms with E-state index in [1.54, 1.807) is 12.1 Å². The zero-order chi connectivity index (χ0) is 26.3. The van der Waals surface area contributed by atoms with Crippen molar-refractivity contribution in [1.82, 2.24) is 4.98 Å². The maximum atomic E-state index is 14.2. The van der Waals surface area contributed by atoms with Crippen molar-refractivity contribution in [2.75, 3.05) is 6.61 Å². The lowest BCUT2D eigenvalue weighted by Crippen LogP contribution is -2.29. The second-order valence-corrected chi connectivity index (χ2v) is 9.81. The van der Waals surface area contributed by atoms with Gasteiger partial charge >= 0.3 is 12.3 Å². The lowest BCUT2D eigenvalue weighted by atomic mass is 10.0. The number of ether oxygens (including phenoxy) is 3. The molecule has 1 fully saturated rings. The molecule has 1 heterocycles. The molecule has 0 spiro atoms. The standard InChI is InChI=1S/C28H27Cl2F2NO4/c29-24-16-33-17-25(30)23(24)15-26(36-27(34)11-4-8-19-6-2-1-3-7-19)21-9-5-10-22(14-21)37-28(31,32)35-18-20-12-13-20/h1-3,5-7,9-10,14,16-17,20,26H,4,8,11-13,15,18H2. The van der Waals surface area contributed by atoms with Gasteiger partial charge in [-0.25, -0.2) is 0 Å². The van der Waals surface area contributed by atoms with Crippen LogP contribution >= 0.6 is 23.2 Å². The van der Waals surface area contributed by atoms with Gasteiger partial charge in [0, 0.05) is 25.2 Å². The minimum Gasteiger partial charge on any atom is -0.457 e. The number of halogens is 4. The van der Waals surface area contributed by atoms with E-state index in [1.807, 2.05) is 30.3 Å². The van der Waals surface area contributed by atoms with E-state index in [0.717, 1.165) is 24.8 Å². The fourth-order valence-electron chi connectivity index (χ4n) is 3.79. The van der Waals surface area contributed by atoms with Crippen molar-refractivity contribution >= 4 is 29.2 Å². The molecule has 1 aliphatic rings. The molecule has 1 atom stereocenters. The van der Waals surface area contributed by atoms with Crippen molar-refractivity contribution in [2.45, 2.75) is 50.9 Å². The van der Waals surface area contributed by atoms with Crippen LogP contribution in [0, 0.1) is 5.92 Å². The monoisotopic (exact) mass is 549 g/mol. The van der Waals surface area contributed by atoms with E-state index in [1.165, 1.54) is 24.5 Å². The molecule has 4 rings (SSSR count). The number of aryl methyl sites for hydroxylation is 1. The van der Waals surface area contributed by atoms with Gasteiger partial charge in [0.1, 0.15) is 11.9 Å². The minimum absolute atomic E-state index is 0.0606. The maximum absolute atomic E-state index is 14.2. The van der Waals surface area contributed by atoms with Crippen LogP contribution in [0.2, 0.25) is 10.0 Å². The average molecular weight is 550 g/mol. The molecule has 0 amide bonds. The lowest BCUT2D eigenvalue weighted by Gasteiger charge is -2.22. The van der Waals surface area contributed by atoms with E-state index < -0.39 is 18.4 Å². The molecule has 0 aliphatic heterocycles. The molecule has 1 saturated carbocycles. The Morgan fingerprint density at radius 2 is 1.78 bits per heavy atom. The highest BCUT2D eigenvalue weighted by atomic mass is 35.5. The number of nitrogens with zero attached hydrogens (tertiary/aromatic N) is 1. The van der Waals surface area contributed by atoms with E-state index in [0.29, 0.717) is 27.6 Å². The van der Waals surface area contributed by atoms with Crippen molar-refractivity contribution in [3.05, 3.63) is 93.7 Å². The number of hydrogen-bond acceptors (Lipinski definition) is 5. The molecule has 9 heteroatoms. The Morgan fingerprint density at radius 3 is 2.49 bits per heavy atom. The van der Waals surface area contributed by atoms with Crippen molar-refractivity contribution in [3.63, 3.8) is 0 Å². The van der Waals surface area contributed by atoms with Crippen LogP contribution < -0.4 is 4.74 Å². The number of rotatable bonds is 13. The van der Waals surface area contributed by atoms with Gasteiger partial charge in [-0.15, -0.1) is 8.78 Å². The van der Waals surface area contributed by atoms with Crippen molar-refractivity contribution in [3.8, 4) is 5.75 Å². The predicted octanol–water partition coefficient (Wildman–Crippen LogP) is 7.59. The van der Waals surface area contributed by atoms with E-state index >= 15 is 0 Å². The minimum atomic E-state index is -3.78. The second-order valence-electron chi connectivity index (χ2n) is 9.00. The van der Waals surface area contributed by atoms with Gasteiger partial charge in [-0.05, 0) is 60.4 Å². The first-order valence-electron chi connectivity index (χ1n) is 12.1. The van der Waals surface area contributed by atoms with Crippen LogP contribution in [0.1, 0.15) is 48.5 Å². The van der Waals surface area contributed by atoms with Crippen LogP contribution in [0.5, 0.6) is 5.75 Å². The Bertz CT molecular complexity index is 1170. The molecule has 1 aromatic heterocycles. The number of aromatic nitrogens is 1. The zero-order valence-electron chi connectivity index (χ0n) is 20.0. The molecule has 0 saturated heterocycles. The molecule has 1 aliphatic carbocycles. The van der Waals surface area contributed by atoms with E-state index in [2.05, 4.69) is 9.72 Å². The average Bonchev–Trinajstić information content (AvgIpc) is 3.70. The number of hydrogen-bond donors (Lipinski definition) is 0. The third-order valence-corrected chi connectivity index (χ3v) is 6.61. The van der Waals surface area contributed by atoms with Crippen LogP contribution in [0.25, 0.3) is 0 Å². The summed E-state index contributed by atoms with van der Waals surface area (Å²) in [7, 11) is 0. The summed E-state index contributed by atoms with van der Waals surface area (Å²) in [5.74, 6) is -0.386. The van der Waals surface area contributed by atoms with E-state index in [-0.39, 0.29) is 31.1 Å². The van der Waals surface area contributed by atoms with Gasteiger partial charge < -0.3 is 9.47 Å². The number of benzene rings is 2. The van der Waals surface area contributed by atoms with Crippen molar-refractivity contribution in [1.29, 1.82) is 0 Å². The van der Waals surface area contributed by atoms with Crippen molar-refractivity contribution < 1.29 is 27.8 Å². The SMILES string of the molecule is O=C(CCCc1ccccc1)OC(Cc1c(Cl)cncc1Cl)c1cccc(OC(F)(F)OCC2CC2)c1. The molecular formula is C28H27Cl2F2NO4. The Hall–Kier alpha value is -2.74. The number of esters is 1. The van der Waals surface area contributed by atoms with Crippen molar-refractivity contribution in [2.24, 2.45) is 5.92 Å². The molecule has 196 valence electrons. The fourth-order valence-corrected chi connectivity index (χ4v) is 4.31. The van der Waals surface area contributed by atoms with Crippen LogP contribution in [0.3, 0.4) is 0 Å². The summed E-state index contributed by atoms with van der Waals surface area (Å²) in [6, 6.07) is 15.8. The van der Waals surface area contributed by atoms with Gasteiger partial charge in [0.2, 0.25) is 0 Å². The maximum Gasteiger partial charge on any atom is 0.535 e. The summed E-state index contributed by atoms with van der Waals surface area (Å²) in [6.07, 6.45) is 1.66. The number of pyridine rings is 1. The highest BCUT2D eigenvalue weighted by Gasteiger charge is 2.37. The fraction of sp³-hybridized carbons (Fsp3) is 0.357. The topological polar surface area (TPSA) is 57.7 Å². The molecular weight excluding hydrogens is 523 g/mol. The predicted molar refractivity (Wildman–Crippen MR) is 137 cm³/mol. The summed E-state index contributed by atoms with van der Waals surface area (Å²) in [4.78, 5) is 16.7. The van der Waals surface area contributed by atoms with Gasteiger partial charge in [0.05, 0.1) is 16.7 Å². The Kier molecular flexibility index (Phi) is 9.35. The normalized spacial score (nSPS) is 14.3. The molecule has 3 aromatic rings. The number of carbonyl (C=O) groups excluding carboxylic acids is 1. The number of alkyl halides is 2. The first-order chi connectivity index (χ1) is 17.8. The van der Waals surface area contributed by atoms with Gasteiger partial charge in [0.15, 0.2) is 0 Å². The summed E-state index contributed by atoms with van der Waals surface area (Å²) in [6.45, 7) is -0.0606. The third-order valence-electron chi connectivity index (χ3n) is 5.96. The summed E-state index contributed by atoms with van der Waals surface area (Å²) in [5.41, 5.74) is 2.11. The second kappa shape index (κ2) is 12.7. The van der Waals surface area contributed by atoms with Gasteiger partial charge in [0.25, 0.3) is 0 Å². The molecule has 5 nitrogen and oxygen atoms in total. The lowest BCUT2D eigenvalue weighted by molar-refractivity contribution is -0.354. The van der Waals surface area contributed by atoms with Gasteiger partial charge in [-0.3, -0.25) is 14.5 Å². The quantitative estimate of drug-likeness (QED) is 0.162. The molecule has 0 radical (unpaired) electrons. The van der Waals surface area contributed by atoms with Crippen LogP contribution in [0.15, 0.2) is 67.0 Å². The van der Waals surface area contributed by atoms with E-state index in [4.69, 9.17) is 32.7 Å². The first-order valence-corrected chi connectivity index (χ1v) is 12.9. The largest absolute Gasteiger partial charge is 0.535 e. The van der Waals surface area contributed by atoms with E-state index in [9.17, 15) is 13.6 Å². The molecule has 37 heavy (non-hydrogen) atoms. The molecule has 2 aromatic carbocycles. The molecule has 0 N–H and O–H groups in total. The highest BCUT2D eigenvalue weighted by Crippen LogP contribution is 2.35. The third kappa shape index (κ3) is 8.66. The zero-order valence-corrected chi connectivity index (χ0v) is 21.6. The van der Waals surface area contributed by atoms with Gasteiger partial charge in [-0.1, -0.05) is 65.7 Å². The van der Waals surface area contributed by atoms with Crippen LogP contribution in [-0.4, -0.2) is 23.9 Å². The smallest absolute Gasteiger partial charge is 0.457 e. The summed E-state index contributed by atoms with van der Waals surface area (Å²) >= 11 is 12.6. The van der Waals surface area contributed by atoms with Crippen LogP contribution in [0.4, 0.5) is 8.78 Å². The molecule has 0 bridgehead atoms. The number of carbonyl (C=O) groups is 1. The van der Waals surface area contributed by atoms with Crippen LogP contribution in [-0.2, 0) is 27.1 Å². The summed E-state index contributed by atoms with van der Waals surface area (Å²) in [5, 5.41) is 0.620. The summed E-state index contributed by atoms with van der Waals surface area (Å²) < 4.78 is 43.7. The first kappa shape index (κ1) is 27.3. The highest BCUT2D eigenvalue weighted by molar-refractivity contribution is 6.35. The Labute approximate surface area is 224 Å². The Morgan fingerprint density at radius 1 is 1.05 bits per heavy atom. The molecule has 1 unspecified atom stereocenters. The Balaban J connectivity index is 1.47. The van der Waals surface area contributed by atoms with Gasteiger partial charge in [-0.2, -0.15) is 0 Å².